The molecule has 0 N–H and O–H groups in total. The van der Waals surface area contributed by atoms with Gasteiger partial charge in [-0.1, -0.05) is 6.58 Å². The second kappa shape index (κ2) is 9.26. The van der Waals surface area contributed by atoms with Crippen LogP contribution in [0.15, 0.2) is 12.2 Å². The Morgan fingerprint density at radius 2 is 1.27 bits per heavy atom. The fourth-order valence-electron chi connectivity index (χ4n) is 2.06. The Kier molecular flexibility index (Phi) is 7.94. The Bertz CT molecular complexity index is 650. The summed E-state index contributed by atoms with van der Waals surface area (Å²) in [7, 11) is -4.30. The van der Waals surface area contributed by atoms with Crippen molar-refractivity contribution in [3.63, 3.8) is 0 Å². The molecule has 0 saturated carbocycles. The molecule has 0 unspecified atom stereocenters. The Labute approximate surface area is 149 Å². The van der Waals surface area contributed by atoms with Gasteiger partial charge >= 0.3 is 14.8 Å². The summed E-state index contributed by atoms with van der Waals surface area (Å²) in [6.07, 6.45) is 0. The molecule has 0 amide bonds. The lowest BCUT2D eigenvalue weighted by molar-refractivity contribution is -0.130. The van der Waals surface area contributed by atoms with Crippen molar-refractivity contribution in [3.05, 3.63) is 35.4 Å². The maximum atomic E-state index is 14.6. The average molecular weight is 396 g/mol. The molecule has 1 aromatic carbocycles. The number of hydrogen-bond acceptors (Lipinski definition) is 5. The monoisotopic (exact) mass is 396 g/mol. The molecule has 0 spiro atoms. The van der Waals surface area contributed by atoms with E-state index in [-0.39, 0.29) is 25.4 Å². The van der Waals surface area contributed by atoms with Crippen LogP contribution in [0.4, 0.5) is 17.6 Å². The number of esters is 1. The molecule has 5 nitrogen and oxygen atoms in total. The Balaban J connectivity index is 3.67. The van der Waals surface area contributed by atoms with Gasteiger partial charge in [-0.25, -0.2) is 13.6 Å². The van der Waals surface area contributed by atoms with Crippen LogP contribution in [0.25, 0.3) is 0 Å². The number of rotatable bonds is 9. The van der Waals surface area contributed by atoms with Crippen molar-refractivity contribution in [1.29, 1.82) is 0 Å². The second-order valence-corrected chi connectivity index (χ2v) is 7.46. The summed E-state index contributed by atoms with van der Waals surface area (Å²) >= 11 is 0. The van der Waals surface area contributed by atoms with Gasteiger partial charge < -0.3 is 18.0 Å². The lowest BCUT2D eigenvalue weighted by Crippen LogP contribution is -2.60. The van der Waals surface area contributed by atoms with Crippen LogP contribution in [0.1, 0.15) is 27.7 Å². The van der Waals surface area contributed by atoms with Crippen LogP contribution >= 0.6 is 0 Å². The molecule has 0 aromatic heterocycles. The highest BCUT2D eigenvalue weighted by atomic mass is 28.4. The molecule has 0 saturated heterocycles. The van der Waals surface area contributed by atoms with Crippen molar-refractivity contribution in [2.75, 3.05) is 19.8 Å². The summed E-state index contributed by atoms with van der Waals surface area (Å²) in [5.74, 6) is -10.2. The first-order valence-electron chi connectivity index (χ1n) is 7.82. The van der Waals surface area contributed by atoms with Gasteiger partial charge in [0, 0.05) is 25.4 Å². The number of carbonyl (C=O) groups is 1. The van der Waals surface area contributed by atoms with Crippen molar-refractivity contribution in [1.82, 2.24) is 0 Å². The fourth-order valence-corrected chi connectivity index (χ4v) is 4.64. The molecule has 146 valence electrons. The SMILES string of the molecule is C=C(C)C(=O)Oc1c(F)c(F)c([Si](OCC)(OCC)OCC)c(F)c1F. The molecule has 0 heterocycles. The van der Waals surface area contributed by atoms with E-state index in [1.807, 2.05) is 0 Å². The molecule has 0 aliphatic heterocycles. The first-order chi connectivity index (χ1) is 12.2. The van der Waals surface area contributed by atoms with E-state index in [9.17, 15) is 22.4 Å². The highest BCUT2D eigenvalue weighted by molar-refractivity contribution is 6.75. The number of ether oxygens (including phenoxy) is 1. The van der Waals surface area contributed by atoms with E-state index in [1.54, 1.807) is 0 Å². The van der Waals surface area contributed by atoms with E-state index in [2.05, 4.69) is 11.3 Å². The zero-order chi connectivity index (χ0) is 20.1. The van der Waals surface area contributed by atoms with Crippen LogP contribution in [-0.4, -0.2) is 34.6 Å². The van der Waals surface area contributed by atoms with Gasteiger partial charge in [0.05, 0.1) is 0 Å². The van der Waals surface area contributed by atoms with Crippen LogP contribution in [0.5, 0.6) is 5.75 Å². The van der Waals surface area contributed by atoms with Gasteiger partial charge in [-0.3, -0.25) is 0 Å². The van der Waals surface area contributed by atoms with Crippen LogP contribution in [0.3, 0.4) is 0 Å². The van der Waals surface area contributed by atoms with E-state index in [0.29, 0.717) is 0 Å². The zero-order valence-electron chi connectivity index (χ0n) is 14.9. The average Bonchev–Trinajstić information content (AvgIpc) is 2.57. The summed E-state index contributed by atoms with van der Waals surface area (Å²) in [5, 5.41) is -1.12. The molecule has 0 fully saturated rings. The first kappa shape index (κ1) is 22.3. The zero-order valence-corrected chi connectivity index (χ0v) is 15.9. The molecule has 1 aromatic rings. The Morgan fingerprint density at radius 3 is 1.58 bits per heavy atom. The summed E-state index contributed by atoms with van der Waals surface area (Å²) in [4.78, 5) is 11.5. The van der Waals surface area contributed by atoms with E-state index >= 15 is 0 Å². The molecular formula is C16H20F4O5Si. The van der Waals surface area contributed by atoms with Gasteiger partial charge in [0.2, 0.25) is 17.4 Å². The van der Waals surface area contributed by atoms with Crippen LogP contribution < -0.4 is 9.92 Å². The van der Waals surface area contributed by atoms with Crippen LogP contribution in [0, 0.1) is 23.3 Å². The molecule has 26 heavy (non-hydrogen) atoms. The number of hydrogen-bond donors (Lipinski definition) is 0. The lowest BCUT2D eigenvalue weighted by Gasteiger charge is -2.29. The predicted molar refractivity (Wildman–Crippen MR) is 87.0 cm³/mol. The number of benzene rings is 1. The maximum Gasteiger partial charge on any atom is 0.543 e. The normalized spacial score (nSPS) is 11.5. The predicted octanol–water partition coefficient (Wildman–Crippen LogP) is 2.98. The summed E-state index contributed by atoms with van der Waals surface area (Å²) in [6, 6.07) is 0. The molecule has 0 aliphatic carbocycles. The molecule has 0 bridgehead atoms. The van der Waals surface area contributed by atoms with Gasteiger partial charge in [-0.15, -0.1) is 0 Å². The Hall–Kier alpha value is -1.75. The molecular weight excluding hydrogens is 376 g/mol. The highest BCUT2D eigenvalue weighted by Gasteiger charge is 2.51. The molecule has 0 radical (unpaired) electrons. The lowest BCUT2D eigenvalue weighted by atomic mass is 10.2. The van der Waals surface area contributed by atoms with E-state index in [4.69, 9.17) is 13.3 Å². The summed E-state index contributed by atoms with van der Waals surface area (Å²) in [5.41, 5.74) is -0.213. The van der Waals surface area contributed by atoms with Crippen molar-refractivity contribution < 1.29 is 40.4 Å². The smallest absolute Gasteiger partial charge is 0.417 e. The largest absolute Gasteiger partial charge is 0.543 e. The third-order valence-corrected chi connectivity index (χ3v) is 6.13. The first-order valence-corrected chi connectivity index (χ1v) is 9.55. The van der Waals surface area contributed by atoms with Gasteiger partial charge in [0.25, 0.3) is 0 Å². The van der Waals surface area contributed by atoms with Crippen molar-refractivity contribution >= 4 is 20.0 Å². The molecule has 0 aliphatic rings. The summed E-state index contributed by atoms with van der Waals surface area (Å²) < 4.78 is 78.2. The van der Waals surface area contributed by atoms with Crippen molar-refractivity contribution in [3.8, 4) is 5.75 Å². The number of carbonyl (C=O) groups excluding carboxylic acids is 1. The second-order valence-electron chi connectivity index (χ2n) is 4.99. The Morgan fingerprint density at radius 1 is 0.885 bits per heavy atom. The minimum atomic E-state index is -4.30. The van der Waals surface area contributed by atoms with Gasteiger partial charge in [0.1, 0.15) is 5.19 Å². The minimum Gasteiger partial charge on any atom is -0.417 e. The van der Waals surface area contributed by atoms with E-state index in [1.165, 1.54) is 27.7 Å². The molecule has 1 rings (SSSR count). The van der Waals surface area contributed by atoms with Gasteiger partial charge in [-0.05, 0) is 27.7 Å². The topological polar surface area (TPSA) is 54.0 Å². The van der Waals surface area contributed by atoms with Crippen LogP contribution in [-0.2, 0) is 18.1 Å². The van der Waals surface area contributed by atoms with Gasteiger partial charge in [-0.2, -0.15) is 8.78 Å². The van der Waals surface area contributed by atoms with Gasteiger partial charge in [0.15, 0.2) is 11.6 Å². The highest BCUT2D eigenvalue weighted by Crippen LogP contribution is 2.29. The third kappa shape index (κ3) is 4.31. The quantitative estimate of drug-likeness (QED) is 0.160. The standard InChI is InChI=1S/C16H20F4O5Si/c1-6-22-26(23-7-2,24-8-3)15-12(19)10(17)14(11(18)13(15)20)25-16(21)9(4)5/h4,6-8H2,1-3,5H3. The van der Waals surface area contributed by atoms with Crippen molar-refractivity contribution in [2.24, 2.45) is 0 Å². The van der Waals surface area contributed by atoms with Crippen LogP contribution in [0.2, 0.25) is 0 Å². The molecule has 0 atom stereocenters. The van der Waals surface area contributed by atoms with E-state index in [0.717, 1.165) is 0 Å². The third-order valence-electron chi connectivity index (χ3n) is 3.08. The van der Waals surface area contributed by atoms with Crippen molar-refractivity contribution in [2.45, 2.75) is 27.7 Å². The minimum absolute atomic E-state index is 0.0826. The number of halogens is 4. The molecule has 10 heteroatoms. The fraction of sp³-hybridized carbons (Fsp3) is 0.438. The maximum absolute atomic E-state index is 14.6. The van der Waals surface area contributed by atoms with E-state index < -0.39 is 49.0 Å². The summed E-state index contributed by atoms with van der Waals surface area (Å²) in [6.45, 7) is 8.70.